The molecule has 0 spiro atoms. The highest BCUT2D eigenvalue weighted by Crippen LogP contribution is 2.52. The van der Waals surface area contributed by atoms with Crippen molar-refractivity contribution in [1.29, 1.82) is 0 Å². The van der Waals surface area contributed by atoms with E-state index in [9.17, 15) is 19.5 Å². The van der Waals surface area contributed by atoms with Crippen molar-refractivity contribution < 1.29 is 29.0 Å². The van der Waals surface area contributed by atoms with Crippen molar-refractivity contribution in [2.24, 2.45) is 11.7 Å². The maximum Gasteiger partial charge on any atom is 0.358 e. The normalized spacial score (nSPS) is 23.2. The molecule has 1 aromatic heterocycles. The fourth-order valence-electron chi connectivity index (χ4n) is 3.04. The maximum absolute atomic E-state index is 12.8. The summed E-state index contributed by atoms with van der Waals surface area (Å²) in [7, 11) is 0. The Hall–Kier alpha value is -2.37. The van der Waals surface area contributed by atoms with Gasteiger partial charge in [-0.1, -0.05) is 11.8 Å². The molecule has 3 heterocycles. The van der Waals surface area contributed by atoms with Crippen LogP contribution in [-0.2, 0) is 30.4 Å². The predicted molar refractivity (Wildman–Crippen MR) is 98.9 cm³/mol. The van der Waals surface area contributed by atoms with Gasteiger partial charge in [0.2, 0.25) is 5.91 Å². The van der Waals surface area contributed by atoms with Gasteiger partial charge in [-0.2, -0.15) is 0 Å². The van der Waals surface area contributed by atoms with E-state index >= 15 is 0 Å². The molecule has 11 heteroatoms. The highest BCUT2D eigenvalue weighted by Gasteiger charge is 2.58. The van der Waals surface area contributed by atoms with E-state index in [4.69, 9.17) is 15.2 Å². The van der Waals surface area contributed by atoms with E-state index in [2.05, 4.69) is 4.98 Å². The third-order valence-electron chi connectivity index (χ3n) is 4.46. The van der Waals surface area contributed by atoms with E-state index in [-0.39, 0.29) is 24.8 Å². The Morgan fingerprint density at radius 2 is 2.14 bits per heavy atom. The molecule has 152 valence electrons. The van der Waals surface area contributed by atoms with Crippen molar-refractivity contribution in [2.75, 3.05) is 6.61 Å². The molecule has 28 heavy (non-hydrogen) atoms. The molecule has 1 aromatic rings. The summed E-state index contributed by atoms with van der Waals surface area (Å²) in [6.45, 7) is 4.95. The Labute approximate surface area is 165 Å². The summed E-state index contributed by atoms with van der Waals surface area (Å²) in [6, 6.07) is 0. The lowest BCUT2D eigenvalue weighted by molar-refractivity contribution is -0.167. The van der Waals surface area contributed by atoms with Crippen molar-refractivity contribution in [2.45, 2.75) is 44.9 Å². The molecule has 1 fully saturated rings. The van der Waals surface area contributed by atoms with E-state index < -0.39 is 35.4 Å². The van der Waals surface area contributed by atoms with Crippen LogP contribution in [-0.4, -0.2) is 61.6 Å². The molecule has 3 N–H and O–H groups in total. The van der Waals surface area contributed by atoms with Crippen molar-refractivity contribution in [3.8, 4) is 0 Å². The van der Waals surface area contributed by atoms with Crippen molar-refractivity contribution in [1.82, 2.24) is 14.5 Å². The van der Waals surface area contributed by atoms with Gasteiger partial charge in [-0.05, 0) is 20.8 Å². The minimum atomic E-state index is -1.13. The monoisotopic (exact) mass is 410 g/mol. The lowest BCUT2D eigenvalue weighted by atomic mass is 9.92. The quantitative estimate of drug-likeness (QED) is 0.465. The molecule has 2 aliphatic rings. The number of β-lactam (4-membered cyclic amide) rings is 1. The first-order valence-electron chi connectivity index (χ1n) is 8.83. The number of rotatable bonds is 7. The largest absolute Gasteiger partial charge is 0.463 e. The zero-order valence-electron chi connectivity index (χ0n) is 15.7. The van der Waals surface area contributed by atoms with E-state index in [1.54, 1.807) is 17.7 Å². The van der Waals surface area contributed by atoms with Gasteiger partial charge in [0.25, 0.3) is 0 Å². The van der Waals surface area contributed by atoms with Gasteiger partial charge in [0.1, 0.15) is 10.4 Å². The fourth-order valence-corrected chi connectivity index (χ4v) is 4.59. The molecule has 3 rings (SSSR count). The number of esters is 2. The molecule has 0 saturated carbocycles. The SMILES string of the molecule is CCOC(=O)C(C)OC(=O)C1=C(n2cnc(CN)c2)S[C@@H]2[C@@H]([C@@H](C)O)C(=O)N12. The average molecular weight is 410 g/mol. The van der Waals surface area contributed by atoms with Crippen LogP contribution in [0.5, 0.6) is 0 Å². The number of nitrogens with two attached hydrogens (primary N) is 1. The molecule has 4 atom stereocenters. The lowest BCUT2D eigenvalue weighted by Gasteiger charge is -2.43. The van der Waals surface area contributed by atoms with Gasteiger partial charge < -0.3 is 20.3 Å². The molecule has 0 radical (unpaired) electrons. The van der Waals surface area contributed by atoms with Crippen LogP contribution in [0.1, 0.15) is 26.5 Å². The summed E-state index contributed by atoms with van der Waals surface area (Å²) in [5, 5.41) is 9.89. The second-order valence-electron chi connectivity index (χ2n) is 6.41. The molecule has 10 nitrogen and oxygen atoms in total. The van der Waals surface area contributed by atoms with Gasteiger partial charge in [-0.25, -0.2) is 14.6 Å². The summed E-state index contributed by atoms with van der Waals surface area (Å²) in [5.74, 6) is -2.52. The maximum atomic E-state index is 12.8. The smallest absolute Gasteiger partial charge is 0.358 e. The van der Waals surface area contributed by atoms with Crippen LogP contribution in [0, 0.1) is 5.92 Å². The van der Waals surface area contributed by atoms with Gasteiger partial charge >= 0.3 is 11.9 Å². The Morgan fingerprint density at radius 1 is 1.43 bits per heavy atom. The molecule has 1 amide bonds. The topological polar surface area (TPSA) is 137 Å². The Bertz CT molecular complexity index is 835. The number of aliphatic hydroxyl groups excluding tert-OH is 1. The number of carbonyl (C=O) groups excluding carboxylic acids is 3. The molecule has 0 bridgehead atoms. The van der Waals surface area contributed by atoms with Gasteiger partial charge in [-0.3, -0.25) is 14.3 Å². The number of hydrogen-bond acceptors (Lipinski definition) is 9. The lowest BCUT2D eigenvalue weighted by Crippen LogP contribution is -2.60. The number of aliphatic hydroxyl groups is 1. The number of carbonyl (C=O) groups is 3. The van der Waals surface area contributed by atoms with Crippen molar-refractivity contribution >= 4 is 34.6 Å². The first kappa shape index (κ1) is 20.4. The standard InChI is InChI=1S/C17H22N4O6S/c1-4-26-16(24)9(3)27-17(25)12-15(20-6-10(5-18)19-7-20)28-14-11(8(2)22)13(23)21(12)14/h6-9,11,14,22H,4-5,18H2,1-3H3/t8-,9?,11+,14-/m1/s1. The molecular formula is C17H22N4O6S. The minimum absolute atomic E-state index is 0.00835. The van der Waals surface area contributed by atoms with Gasteiger partial charge in [0, 0.05) is 12.7 Å². The molecule has 0 aliphatic carbocycles. The van der Waals surface area contributed by atoms with Crippen LogP contribution in [0.15, 0.2) is 18.2 Å². The second-order valence-corrected chi connectivity index (χ2v) is 7.52. The summed E-state index contributed by atoms with van der Waals surface area (Å²) in [4.78, 5) is 42.6. The van der Waals surface area contributed by atoms with Gasteiger partial charge in [0.15, 0.2) is 11.8 Å². The second kappa shape index (κ2) is 7.94. The van der Waals surface area contributed by atoms with Crippen LogP contribution in [0.25, 0.3) is 5.03 Å². The first-order chi connectivity index (χ1) is 13.3. The number of ether oxygens (including phenoxy) is 2. The molecule has 1 unspecified atom stereocenters. The van der Waals surface area contributed by atoms with Gasteiger partial charge in [-0.15, -0.1) is 0 Å². The Balaban J connectivity index is 1.92. The number of nitrogens with zero attached hydrogens (tertiary/aromatic N) is 3. The van der Waals surface area contributed by atoms with Crippen LogP contribution < -0.4 is 5.73 Å². The number of imidazole rings is 1. The summed E-state index contributed by atoms with van der Waals surface area (Å²) < 4.78 is 11.7. The van der Waals surface area contributed by atoms with E-state index in [0.29, 0.717) is 10.7 Å². The minimum Gasteiger partial charge on any atom is -0.463 e. The molecular weight excluding hydrogens is 388 g/mol. The van der Waals surface area contributed by atoms with Crippen LogP contribution >= 0.6 is 11.8 Å². The van der Waals surface area contributed by atoms with E-state index in [0.717, 1.165) is 0 Å². The highest BCUT2D eigenvalue weighted by molar-refractivity contribution is 8.08. The van der Waals surface area contributed by atoms with Crippen LogP contribution in [0.3, 0.4) is 0 Å². The van der Waals surface area contributed by atoms with Crippen LogP contribution in [0.4, 0.5) is 0 Å². The summed E-state index contributed by atoms with van der Waals surface area (Å²) in [6.07, 6.45) is 1.15. The third kappa shape index (κ3) is 3.40. The molecule has 1 saturated heterocycles. The van der Waals surface area contributed by atoms with Gasteiger partial charge in [0.05, 0.1) is 30.7 Å². The first-order valence-corrected chi connectivity index (χ1v) is 9.71. The number of fused-ring (bicyclic) bond motifs is 1. The Morgan fingerprint density at radius 3 is 2.71 bits per heavy atom. The average Bonchev–Trinajstić information content (AvgIpc) is 3.23. The van der Waals surface area contributed by atoms with Crippen molar-refractivity contribution in [3.05, 3.63) is 23.9 Å². The predicted octanol–water partition coefficient (Wildman–Crippen LogP) is -0.125. The van der Waals surface area contributed by atoms with Crippen molar-refractivity contribution in [3.63, 3.8) is 0 Å². The molecule has 0 aromatic carbocycles. The third-order valence-corrected chi connectivity index (χ3v) is 5.83. The molecule has 2 aliphatic heterocycles. The zero-order chi connectivity index (χ0) is 20.6. The van der Waals surface area contributed by atoms with E-state index in [1.165, 1.54) is 36.8 Å². The summed E-state index contributed by atoms with van der Waals surface area (Å²) in [5.41, 5.74) is 6.21. The van der Waals surface area contributed by atoms with Crippen LogP contribution in [0.2, 0.25) is 0 Å². The number of amides is 1. The Kier molecular flexibility index (Phi) is 5.77. The number of thioether (sulfide) groups is 1. The highest BCUT2D eigenvalue weighted by atomic mass is 32.2. The van der Waals surface area contributed by atoms with E-state index in [1.807, 2.05) is 0 Å². The number of hydrogen-bond donors (Lipinski definition) is 2. The fraction of sp³-hybridized carbons (Fsp3) is 0.529. The number of aromatic nitrogens is 2. The summed E-state index contributed by atoms with van der Waals surface area (Å²) >= 11 is 1.25. The zero-order valence-corrected chi connectivity index (χ0v) is 16.5.